The van der Waals surface area contributed by atoms with E-state index in [0.717, 1.165) is 17.1 Å². The molecule has 2 heterocycles. The van der Waals surface area contributed by atoms with Crippen LogP contribution >= 0.6 is 23.5 Å². The van der Waals surface area contributed by atoms with Gasteiger partial charge in [-0.3, -0.25) is 4.98 Å². The van der Waals surface area contributed by atoms with E-state index in [4.69, 9.17) is 5.73 Å². The molecule has 4 nitrogen and oxygen atoms in total. The number of rotatable bonds is 5. The largest absolute Gasteiger partial charge is 0.384 e. The molecule has 2 aromatic heterocycles. The Kier molecular flexibility index (Phi) is 5.25. The van der Waals surface area contributed by atoms with Crippen LogP contribution in [0.1, 0.15) is 30.4 Å². The highest BCUT2D eigenvalue weighted by Crippen LogP contribution is 2.33. The molecule has 2 aromatic rings. The number of pyridine rings is 1. The maximum Gasteiger partial charge on any atom is 0.191 e. The monoisotopic (exact) mass is 306 g/mol. The molecule has 6 heteroatoms. The maximum absolute atomic E-state index is 5.80. The van der Waals surface area contributed by atoms with Crippen LogP contribution in [-0.2, 0) is 6.42 Å². The first-order chi connectivity index (χ1) is 9.62. The fourth-order valence-corrected chi connectivity index (χ4v) is 3.08. The summed E-state index contributed by atoms with van der Waals surface area (Å²) in [6.07, 6.45) is 4.85. The minimum absolute atomic E-state index is 0.193. The van der Waals surface area contributed by atoms with Crippen LogP contribution < -0.4 is 5.73 Å². The minimum atomic E-state index is 0.193. The van der Waals surface area contributed by atoms with Crippen LogP contribution in [0.25, 0.3) is 0 Å². The number of nitrogens with zero attached hydrogens (tertiary/aromatic N) is 3. The van der Waals surface area contributed by atoms with Crippen molar-refractivity contribution < 1.29 is 0 Å². The van der Waals surface area contributed by atoms with Crippen LogP contribution in [0.3, 0.4) is 0 Å². The molecular weight excluding hydrogens is 288 g/mol. The van der Waals surface area contributed by atoms with Gasteiger partial charge in [-0.25, -0.2) is 9.97 Å². The Bertz CT molecular complexity index is 589. The zero-order chi connectivity index (χ0) is 14.5. The van der Waals surface area contributed by atoms with E-state index in [0.29, 0.717) is 11.0 Å². The fraction of sp³-hybridized carbons (Fsp3) is 0.357. The van der Waals surface area contributed by atoms with Crippen LogP contribution in [0.2, 0.25) is 0 Å². The molecule has 0 radical (unpaired) electrons. The van der Waals surface area contributed by atoms with Gasteiger partial charge in [0, 0.05) is 12.3 Å². The highest BCUT2D eigenvalue weighted by molar-refractivity contribution is 7.99. The molecule has 0 saturated carbocycles. The summed E-state index contributed by atoms with van der Waals surface area (Å²) >= 11 is 3.15. The first-order valence-corrected chi connectivity index (χ1v) is 8.52. The molecule has 0 spiro atoms. The molecule has 1 atom stereocenters. The van der Waals surface area contributed by atoms with Gasteiger partial charge in [-0.15, -0.1) is 11.8 Å². The van der Waals surface area contributed by atoms with Crippen molar-refractivity contribution in [2.75, 3.05) is 12.0 Å². The molecule has 0 saturated heterocycles. The molecule has 0 amide bonds. The molecule has 106 valence electrons. The van der Waals surface area contributed by atoms with E-state index in [9.17, 15) is 0 Å². The SMILES string of the molecule is CCc1ccnc([C@@H](C)Sc2nc(N)cc(SC)n2)c1. The maximum atomic E-state index is 5.80. The molecule has 2 N–H and O–H groups in total. The third kappa shape index (κ3) is 3.86. The third-order valence-electron chi connectivity index (χ3n) is 2.86. The van der Waals surface area contributed by atoms with E-state index in [1.165, 1.54) is 5.56 Å². The van der Waals surface area contributed by atoms with E-state index in [1.807, 2.05) is 18.5 Å². The van der Waals surface area contributed by atoms with E-state index in [2.05, 4.69) is 34.9 Å². The van der Waals surface area contributed by atoms with Crippen molar-refractivity contribution in [1.29, 1.82) is 0 Å². The molecule has 0 fully saturated rings. The summed E-state index contributed by atoms with van der Waals surface area (Å²) in [5.74, 6) is 0.509. The number of anilines is 1. The van der Waals surface area contributed by atoms with Gasteiger partial charge < -0.3 is 5.73 Å². The van der Waals surface area contributed by atoms with Crippen LogP contribution in [0.4, 0.5) is 5.82 Å². The van der Waals surface area contributed by atoms with Crippen molar-refractivity contribution in [3.63, 3.8) is 0 Å². The zero-order valence-electron chi connectivity index (χ0n) is 11.8. The number of aryl methyl sites for hydroxylation is 1. The summed E-state index contributed by atoms with van der Waals surface area (Å²) in [7, 11) is 0. The van der Waals surface area contributed by atoms with Crippen LogP contribution in [0.15, 0.2) is 34.6 Å². The molecule has 0 aromatic carbocycles. The highest BCUT2D eigenvalue weighted by atomic mass is 32.2. The molecule has 0 aliphatic carbocycles. The third-order valence-corrected chi connectivity index (χ3v) is 4.48. The van der Waals surface area contributed by atoms with Crippen molar-refractivity contribution in [3.8, 4) is 0 Å². The van der Waals surface area contributed by atoms with Crippen molar-refractivity contribution >= 4 is 29.3 Å². The lowest BCUT2D eigenvalue weighted by atomic mass is 10.1. The smallest absolute Gasteiger partial charge is 0.191 e. The molecule has 0 aliphatic heterocycles. The van der Waals surface area contributed by atoms with Crippen molar-refractivity contribution in [2.45, 2.75) is 35.7 Å². The normalized spacial score (nSPS) is 12.3. The molecule has 0 bridgehead atoms. The molecule has 0 unspecified atom stereocenters. The Morgan fingerprint density at radius 1 is 1.30 bits per heavy atom. The van der Waals surface area contributed by atoms with Gasteiger partial charge in [0.15, 0.2) is 5.16 Å². The van der Waals surface area contributed by atoms with Gasteiger partial charge in [0.25, 0.3) is 0 Å². The molecule has 20 heavy (non-hydrogen) atoms. The second-order valence-corrected chi connectivity index (χ2v) is 6.45. The molecular formula is C14H18N4S2. The quantitative estimate of drug-likeness (QED) is 0.517. The van der Waals surface area contributed by atoms with Gasteiger partial charge in [-0.05, 0) is 37.3 Å². The van der Waals surface area contributed by atoms with Gasteiger partial charge in [-0.2, -0.15) is 0 Å². The number of nitrogens with two attached hydrogens (primary N) is 1. The van der Waals surface area contributed by atoms with E-state index in [1.54, 1.807) is 29.6 Å². The predicted octanol–water partition coefficient (Wildman–Crippen LogP) is 3.59. The second kappa shape index (κ2) is 6.95. The van der Waals surface area contributed by atoms with Gasteiger partial charge in [0.2, 0.25) is 0 Å². The lowest BCUT2D eigenvalue weighted by Crippen LogP contribution is -1.99. The van der Waals surface area contributed by atoms with E-state index < -0.39 is 0 Å². The summed E-state index contributed by atoms with van der Waals surface area (Å²) in [4.78, 5) is 13.2. The zero-order valence-corrected chi connectivity index (χ0v) is 13.5. The Balaban J connectivity index is 2.18. The summed E-state index contributed by atoms with van der Waals surface area (Å²) < 4.78 is 0. The lowest BCUT2D eigenvalue weighted by molar-refractivity contribution is 0.887. The van der Waals surface area contributed by atoms with Crippen molar-refractivity contribution in [2.24, 2.45) is 0 Å². The topological polar surface area (TPSA) is 64.7 Å². The van der Waals surface area contributed by atoms with Gasteiger partial charge in [-0.1, -0.05) is 18.7 Å². The Morgan fingerprint density at radius 2 is 2.10 bits per heavy atom. The van der Waals surface area contributed by atoms with E-state index in [-0.39, 0.29) is 5.25 Å². The summed E-state index contributed by atoms with van der Waals surface area (Å²) in [5.41, 5.74) is 8.14. The number of nitrogen functional groups attached to an aromatic ring is 1. The van der Waals surface area contributed by atoms with Crippen LogP contribution in [0, 0.1) is 0 Å². The summed E-state index contributed by atoms with van der Waals surface area (Å²) in [5, 5.41) is 1.78. The Hall–Kier alpha value is -1.27. The Morgan fingerprint density at radius 3 is 2.80 bits per heavy atom. The van der Waals surface area contributed by atoms with Crippen molar-refractivity contribution in [1.82, 2.24) is 15.0 Å². The first-order valence-electron chi connectivity index (χ1n) is 6.42. The highest BCUT2D eigenvalue weighted by Gasteiger charge is 2.12. The van der Waals surface area contributed by atoms with Crippen LogP contribution in [-0.4, -0.2) is 21.2 Å². The van der Waals surface area contributed by atoms with Gasteiger partial charge >= 0.3 is 0 Å². The molecule has 0 aliphatic rings. The standard InChI is InChI=1S/C14H18N4S2/c1-4-10-5-6-16-11(7-10)9(2)20-14-17-12(15)8-13(18-14)19-3/h5-9H,4H2,1-3H3,(H2,15,17,18)/t9-/m1/s1. The average Bonchev–Trinajstić information content (AvgIpc) is 2.46. The first kappa shape index (κ1) is 15.1. The molecule has 2 rings (SSSR count). The van der Waals surface area contributed by atoms with Gasteiger partial charge in [0.05, 0.1) is 10.9 Å². The predicted molar refractivity (Wildman–Crippen MR) is 86.1 cm³/mol. The Labute approximate surface area is 128 Å². The van der Waals surface area contributed by atoms with E-state index >= 15 is 0 Å². The van der Waals surface area contributed by atoms with Gasteiger partial charge in [0.1, 0.15) is 10.8 Å². The number of aromatic nitrogens is 3. The minimum Gasteiger partial charge on any atom is -0.384 e. The lowest BCUT2D eigenvalue weighted by Gasteiger charge is -2.11. The summed E-state index contributed by atoms with van der Waals surface area (Å²) in [6.45, 7) is 4.25. The summed E-state index contributed by atoms with van der Waals surface area (Å²) in [6, 6.07) is 5.97. The average molecular weight is 306 g/mol. The van der Waals surface area contributed by atoms with Crippen molar-refractivity contribution in [3.05, 3.63) is 35.7 Å². The van der Waals surface area contributed by atoms with Crippen LogP contribution in [0.5, 0.6) is 0 Å². The number of hydrogen-bond donors (Lipinski definition) is 1. The number of hydrogen-bond acceptors (Lipinski definition) is 6. The fourth-order valence-electron chi connectivity index (χ4n) is 1.73. The number of thioether (sulfide) groups is 2. The second-order valence-electron chi connectivity index (χ2n) is 4.32.